The number of aromatic hydroxyl groups is 1. The molecule has 2 aromatic rings. The molecule has 0 spiro atoms. The van der Waals surface area contributed by atoms with E-state index in [2.05, 4.69) is 0 Å². The van der Waals surface area contributed by atoms with Gasteiger partial charge in [0, 0.05) is 6.07 Å². The van der Waals surface area contributed by atoms with Crippen LogP contribution in [0.4, 0.5) is 0 Å². The van der Waals surface area contributed by atoms with E-state index in [0.717, 1.165) is 0 Å². The van der Waals surface area contributed by atoms with Crippen molar-refractivity contribution in [2.45, 2.75) is 0 Å². The fourth-order valence-electron chi connectivity index (χ4n) is 1.44. The molecular formula is C11H8O6. The molecule has 0 aliphatic rings. The Balaban J connectivity index is 2.86. The summed E-state index contributed by atoms with van der Waals surface area (Å²) in [6.45, 7) is 0. The van der Waals surface area contributed by atoms with E-state index in [-0.39, 0.29) is 11.0 Å². The van der Waals surface area contributed by atoms with Crippen molar-refractivity contribution in [3.05, 3.63) is 34.2 Å². The number of hydrogen-bond acceptors (Lipinski definition) is 5. The van der Waals surface area contributed by atoms with Crippen LogP contribution in [0.5, 0.6) is 11.5 Å². The monoisotopic (exact) mass is 236 g/mol. The maximum absolute atomic E-state index is 11.6. The molecule has 0 amide bonds. The minimum absolute atomic E-state index is 0.0459. The number of ether oxygens (including phenoxy) is 1. The van der Waals surface area contributed by atoms with Crippen molar-refractivity contribution >= 4 is 16.9 Å². The molecule has 1 aromatic heterocycles. The average molecular weight is 236 g/mol. The zero-order valence-corrected chi connectivity index (χ0v) is 8.76. The summed E-state index contributed by atoms with van der Waals surface area (Å²) in [5.74, 6) is -2.78. The third-order valence-electron chi connectivity index (χ3n) is 2.27. The molecule has 1 heterocycles. The highest BCUT2D eigenvalue weighted by Crippen LogP contribution is 2.23. The highest BCUT2D eigenvalue weighted by molar-refractivity contribution is 5.91. The number of aromatic carboxylic acids is 1. The summed E-state index contributed by atoms with van der Waals surface area (Å²) in [5.41, 5.74) is -0.740. The van der Waals surface area contributed by atoms with Gasteiger partial charge in [-0.25, -0.2) is 4.79 Å². The van der Waals surface area contributed by atoms with Crippen LogP contribution in [-0.2, 0) is 0 Å². The number of rotatable bonds is 2. The van der Waals surface area contributed by atoms with E-state index in [1.807, 2.05) is 0 Å². The second kappa shape index (κ2) is 3.82. The largest absolute Gasteiger partial charge is 0.501 e. The Kier molecular flexibility index (Phi) is 2.47. The van der Waals surface area contributed by atoms with Gasteiger partial charge in [0.1, 0.15) is 11.3 Å². The summed E-state index contributed by atoms with van der Waals surface area (Å²) in [4.78, 5) is 22.4. The molecule has 88 valence electrons. The standard InChI is InChI=1S/C11H8O6/c1-16-5-2-3-6-7(4-5)17-10(11(14)15)9(13)8(6)12/h2-4,13H,1H3,(H,14,15). The van der Waals surface area contributed by atoms with Crippen LogP contribution in [0.1, 0.15) is 10.6 Å². The first kappa shape index (κ1) is 11.0. The van der Waals surface area contributed by atoms with Gasteiger partial charge in [-0.1, -0.05) is 0 Å². The molecule has 17 heavy (non-hydrogen) atoms. The summed E-state index contributed by atoms with van der Waals surface area (Å²) in [5, 5.41) is 18.2. The lowest BCUT2D eigenvalue weighted by molar-refractivity contribution is 0.0657. The van der Waals surface area contributed by atoms with E-state index in [4.69, 9.17) is 14.3 Å². The van der Waals surface area contributed by atoms with Crippen molar-refractivity contribution in [1.82, 2.24) is 0 Å². The van der Waals surface area contributed by atoms with E-state index in [0.29, 0.717) is 5.75 Å². The van der Waals surface area contributed by atoms with Gasteiger partial charge in [-0.3, -0.25) is 4.79 Å². The second-order valence-corrected chi connectivity index (χ2v) is 3.28. The van der Waals surface area contributed by atoms with E-state index in [1.165, 1.54) is 25.3 Å². The molecule has 0 fully saturated rings. The number of carbonyl (C=O) groups is 1. The summed E-state index contributed by atoms with van der Waals surface area (Å²) in [6.07, 6.45) is 0. The third-order valence-corrected chi connectivity index (χ3v) is 2.27. The summed E-state index contributed by atoms with van der Waals surface area (Å²) >= 11 is 0. The predicted octanol–water partition coefficient (Wildman–Crippen LogP) is 1.21. The van der Waals surface area contributed by atoms with Crippen LogP contribution in [0.2, 0.25) is 0 Å². The van der Waals surface area contributed by atoms with Gasteiger partial charge in [0.2, 0.25) is 11.2 Å². The maximum Gasteiger partial charge on any atom is 0.375 e. The van der Waals surface area contributed by atoms with Gasteiger partial charge >= 0.3 is 5.97 Å². The van der Waals surface area contributed by atoms with Crippen molar-refractivity contribution in [2.75, 3.05) is 7.11 Å². The van der Waals surface area contributed by atoms with Gasteiger partial charge < -0.3 is 19.4 Å². The van der Waals surface area contributed by atoms with Gasteiger partial charge in [-0.05, 0) is 12.1 Å². The van der Waals surface area contributed by atoms with Crippen LogP contribution < -0.4 is 10.2 Å². The first-order chi connectivity index (χ1) is 8.04. The lowest BCUT2D eigenvalue weighted by Gasteiger charge is -2.03. The number of benzene rings is 1. The van der Waals surface area contributed by atoms with Crippen molar-refractivity contribution in [3.63, 3.8) is 0 Å². The predicted molar refractivity (Wildman–Crippen MR) is 57.7 cm³/mol. The molecule has 0 atom stereocenters. The minimum Gasteiger partial charge on any atom is -0.501 e. The van der Waals surface area contributed by atoms with E-state index in [9.17, 15) is 14.7 Å². The average Bonchev–Trinajstić information content (AvgIpc) is 2.32. The first-order valence-corrected chi connectivity index (χ1v) is 4.61. The Morgan fingerprint density at radius 3 is 2.71 bits per heavy atom. The van der Waals surface area contributed by atoms with Crippen LogP contribution in [0, 0.1) is 0 Å². The van der Waals surface area contributed by atoms with E-state index >= 15 is 0 Å². The minimum atomic E-state index is -1.51. The lowest BCUT2D eigenvalue weighted by Crippen LogP contribution is -2.08. The molecule has 2 N–H and O–H groups in total. The molecular weight excluding hydrogens is 228 g/mol. The number of methoxy groups -OCH3 is 1. The Labute approximate surface area is 94.7 Å². The summed E-state index contributed by atoms with van der Waals surface area (Å²) in [6, 6.07) is 4.28. The molecule has 2 rings (SSSR count). The normalized spacial score (nSPS) is 10.4. The van der Waals surface area contributed by atoms with Crippen molar-refractivity contribution in [3.8, 4) is 11.5 Å². The molecule has 1 aromatic carbocycles. The van der Waals surface area contributed by atoms with Crippen molar-refractivity contribution in [2.24, 2.45) is 0 Å². The third kappa shape index (κ3) is 1.69. The summed E-state index contributed by atoms with van der Waals surface area (Å²) < 4.78 is 9.87. The van der Waals surface area contributed by atoms with Crippen LogP contribution >= 0.6 is 0 Å². The van der Waals surface area contributed by atoms with Gasteiger partial charge in [-0.2, -0.15) is 0 Å². The SMILES string of the molecule is COc1ccc2c(=O)c(O)c(C(=O)O)oc2c1. The van der Waals surface area contributed by atoms with Gasteiger partial charge in [0.15, 0.2) is 0 Å². The molecule has 0 saturated carbocycles. The Morgan fingerprint density at radius 2 is 2.12 bits per heavy atom. The second-order valence-electron chi connectivity index (χ2n) is 3.28. The quantitative estimate of drug-likeness (QED) is 0.813. The molecule has 6 heteroatoms. The zero-order valence-electron chi connectivity index (χ0n) is 8.76. The molecule has 0 aliphatic heterocycles. The van der Waals surface area contributed by atoms with Crippen molar-refractivity contribution < 1.29 is 24.2 Å². The fourth-order valence-corrected chi connectivity index (χ4v) is 1.44. The number of carboxylic acid groups (broad SMARTS) is 1. The zero-order chi connectivity index (χ0) is 12.6. The molecule has 0 radical (unpaired) electrons. The van der Waals surface area contributed by atoms with Gasteiger partial charge in [0.25, 0.3) is 5.76 Å². The Hall–Kier alpha value is -2.50. The number of carboxylic acids is 1. The number of hydrogen-bond donors (Lipinski definition) is 2. The highest BCUT2D eigenvalue weighted by Gasteiger charge is 2.19. The van der Waals surface area contributed by atoms with Crippen LogP contribution in [0.25, 0.3) is 11.0 Å². The molecule has 6 nitrogen and oxygen atoms in total. The van der Waals surface area contributed by atoms with Crippen LogP contribution in [-0.4, -0.2) is 23.3 Å². The smallest absolute Gasteiger partial charge is 0.375 e. The van der Waals surface area contributed by atoms with Gasteiger partial charge in [-0.15, -0.1) is 0 Å². The fraction of sp³-hybridized carbons (Fsp3) is 0.0909. The van der Waals surface area contributed by atoms with Crippen LogP contribution in [0.3, 0.4) is 0 Å². The lowest BCUT2D eigenvalue weighted by atomic mass is 10.2. The highest BCUT2D eigenvalue weighted by atomic mass is 16.5. The molecule has 0 aliphatic carbocycles. The first-order valence-electron chi connectivity index (χ1n) is 4.61. The van der Waals surface area contributed by atoms with Gasteiger partial charge in [0.05, 0.1) is 12.5 Å². The van der Waals surface area contributed by atoms with E-state index in [1.54, 1.807) is 0 Å². The molecule has 0 unspecified atom stereocenters. The van der Waals surface area contributed by atoms with Crippen LogP contribution in [0.15, 0.2) is 27.4 Å². The Bertz CT molecular complexity index is 655. The Morgan fingerprint density at radius 1 is 1.41 bits per heavy atom. The number of fused-ring (bicyclic) bond motifs is 1. The molecule has 0 saturated heterocycles. The van der Waals surface area contributed by atoms with E-state index < -0.39 is 22.9 Å². The summed E-state index contributed by atoms with van der Waals surface area (Å²) in [7, 11) is 1.43. The topological polar surface area (TPSA) is 97.0 Å². The van der Waals surface area contributed by atoms with Crippen molar-refractivity contribution in [1.29, 1.82) is 0 Å². The molecule has 0 bridgehead atoms. The maximum atomic E-state index is 11.6.